The molecule has 0 saturated carbocycles. The highest BCUT2D eigenvalue weighted by Gasteiger charge is 2.39. The van der Waals surface area contributed by atoms with Gasteiger partial charge in [0.1, 0.15) is 6.04 Å². The monoisotopic (exact) mass is 370 g/mol. The molecule has 1 unspecified atom stereocenters. The minimum atomic E-state index is -0.552. The molecule has 3 heterocycles. The molecule has 0 radical (unpaired) electrons. The third kappa shape index (κ3) is 3.61. The number of piperidine rings is 2. The van der Waals surface area contributed by atoms with E-state index < -0.39 is 6.04 Å². The van der Waals surface area contributed by atoms with Crippen LogP contribution in [0.1, 0.15) is 47.2 Å². The molecule has 144 valence electrons. The van der Waals surface area contributed by atoms with E-state index in [0.29, 0.717) is 24.6 Å². The molecule has 0 spiro atoms. The van der Waals surface area contributed by atoms with E-state index in [1.165, 1.54) is 5.56 Å². The molecule has 0 aliphatic carbocycles. The van der Waals surface area contributed by atoms with Crippen molar-refractivity contribution >= 4 is 17.7 Å². The number of fused-ring (bicyclic) bond motifs is 1. The van der Waals surface area contributed by atoms with Crippen molar-refractivity contribution in [3.05, 3.63) is 34.9 Å². The van der Waals surface area contributed by atoms with Crippen molar-refractivity contribution in [2.75, 3.05) is 20.1 Å². The van der Waals surface area contributed by atoms with Gasteiger partial charge in [-0.05, 0) is 56.6 Å². The van der Waals surface area contributed by atoms with Crippen LogP contribution in [0.2, 0.25) is 0 Å². The van der Waals surface area contributed by atoms with E-state index >= 15 is 0 Å². The van der Waals surface area contributed by atoms with Crippen LogP contribution >= 0.6 is 0 Å². The number of amides is 3. The summed E-state index contributed by atoms with van der Waals surface area (Å²) in [6, 6.07) is 6.03. The van der Waals surface area contributed by atoms with Gasteiger partial charge < -0.3 is 10.2 Å². The first-order valence-corrected chi connectivity index (χ1v) is 9.70. The first-order valence-electron chi connectivity index (χ1n) is 9.70. The Morgan fingerprint density at radius 2 is 1.93 bits per heavy atom. The van der Waals surface area contributed by atoms with Crippen LogP contribution in [0.15, 0.2) is 18.2 Å². The molecule has 27 heavy (non-hydrogen) atoms. The van der Waals surface area contributed by atoms with Crippen LogP contribution in [0, 0.1) is 0 Å². The van der Waals surface area contributed by atoms with Crippen molar-refractivity contribution in [1.82, 2.24) is 20.4 Å². The summed E-state index contributed by atoms with van der Waals surface area (Å²) < 4.78 is 0. The van der Waals surface area contributed by atoms with Crippen LogP contribution in [-0.4, -0.2) is 59.7 Å². The fourth-order valence-electron chi connectivity index (χ4n) is 4.39. The zero-order chi connectivity index (χ0) is 19.0. The summed E-state index contributed by atoms with van der Waals surface area (Å²) in [7, 11) is 2.16. The van der Waals surface area contributed by atoms with Gasteiger partial charge in [-0.25, -0.2) is 0 Å². The average Bonchev–Trinajstić information content (AvgIpc) is 2.98. The minimum Gasteiger partial charge on any atom is -0.322 e. The van der Waals surface area contributed by atoms with Gasteiger partial charge in [0.15, 0.2) is 0 Å². The zero-order valence-electron chi connectivity index (χ0n) is 15.7. The normalized spacial score (nSPS) is 23.7. The quantitative estimate of drug-likeness (QED) is 0.760. The molecule has 3 aliphatic rings. The van der Waals surface area contributed by atoms with Crippen molar-refractivity contribution in [3.8, 4) is 0 Å². The fourth-order valence-corrected chi connectivity index (χ4v) is 4.39. The molecule has 1 aromatic carbocycles. The van der Waals surface area contributed by atoms with Gasteiger partial charge in [-0.1, -0.05) is 12.1 Å². The highest BCUT2D eigenvalue weighted by molar-refractivity contribution is 6.05. The molecule has 7 nitrogen and oxygen atoms in total. The number of nitrogens with zero attached hydrogens (tertiary/aromatic N) is 2. The lowest BCUT2D eigenvalue weighted by atomic mass is 10.0. The largest absolute Gasteiger partial charge is 0.322 e. The van der Waals surface area contributed by atoms with Crippen molar-refractivity contribution in [2.45, 2.75) is 50.9 Å². The lowest BCUT2D eigenvalue weighted by molar-refractivity contribution is -0.136. The van der Waals surface area contributed by atoms with E-state index in [1.54, 1.807) is 4.90 Å². The molecule has 7 heteroatoms. The topological polar surface area (TPSA) is 81.8 Å². The molecule has 1 atom stereocenters. The second-order valence-corrected chi connectivity index (χ2v) is 7.79. The average molecular weight is 370 g/mol. The van der Waals surface area contributed by atoms with E-state index in [-0.39, 0.29) is 24.1 Å². The van der Waals surface area contributed by atoms with Gasteiger partial charge in [0.25, 0.3) is 5.91 Å². The number of nitrogens with one attached hydrogen (secondary N) is 2. The second-order valence-electron chi connectivity index (χ2n) is 7.79. The Bertz CT molecular complexity index is 772. The predicted molar refractivity (Wildman–Crippen MR) is 99.8 cm³/mol. The molecular formula is C20H26N4O3. The Morgan fingerprint density at radius 3 is 2.67 bits per heavy atom. The van der Waals surface area contributed by atoms with Gasteiger partial charge >= 0.3 is 0 Å². The van der Waals surface area contributed by atoms with Crippen LogP contribution in [-0.2, 0) is 22.7 Å². The Hall–Kier alpha value is -2.25. The van der Waals surface area contributed by atoms with Crippen LogP contribution in [0.5, 0.6) is 0 Å². The second kappa shape index (κ2) is 7.40. The van der Waals surface area contributed by atoms with Crippen LogP contribution < -0.4 is 10.6 Å². The molecule has 3 aliphatic heterocycles. The zero-order valence-corrected chi connectivity index (χ0v) is 15.7. The maximum absolute atomic E-state index is 12.7. The van der Waals surface area contributed by atoms with Gasteiger partial charge in [0.05, 0.1) is 0 Å². The van der Waals surface area contributed by atoms with Crippen molar-refractivity contribution in [3.63, 3.8) is 0 Å². The summed E-state index contributed by atoms with van der Waals surface area (Å²) >= 11 is 0. The highest BCUT2D eigenvalue weighted by Crippen LogP contribution is 2.28. The highest BCUT2D eigenvalue weighted by atomic mass is 16.2. The maximum Gasteiger partial charge on any atom is 0.255 e. The molecular weight excluding hydrogens is 344 g/mol. The van der Waals surface area contributed by atoms with E-state index in [4.69, 9.17) is 0 Å². The summed E-state index contributed by atoms with van der Waals surface area (Å²) in [5.41, 5.74) is 2.83. The van der Waals surface area contributed by atoms with Crippen LogP contribution in [0.25, 0.3) is 0 Å². The summed E-state index contributed by atoms with van der Waals surface area (Å²) in [5, 5.41) is 5.74. The molecule has 0 bridgehead atoms. The molecule has 2 saturated heterocycles. The standard InChI is InChI=1S/C20H26N4O3/c1-23(15-6-8-21-9-7-15)11-13-2-3-16-14(10-13)12-24(20(16)27)17-4-5-18(25)22-19(17)26/h2-3,10,15,17,21H,4-9,11-12H2,1H3,(H,22,25,26). The van der Waals surface area contributed by atoms with Crippen molar-refractivity contribution < 1.29 is 14.4 Å². The van der Waals surface area contributed by atoms with Gasteiger partial charge in [-0.2, -0.15) is 0 Å². The molecule has 1 aromatic rings. The van der Waals surface area contributed by atoms with E-state index in [9.17, 15) is 14.4 Å². The van der Waals surface area contributed by atoms with E-state index in [2.05, 4.69) is 28.6 Å². The van der Waals surface area contributed by atoms with E-state index in [0.717, 1.165) is 38.0 Å². The van der Waals surface area contributed by atoms with Gasteiger partial charge in [0, 0.05) is 31.1 Å². The van der Waals surface area contributed by atoms with Crippen molar-refractivity contribution in [2.24, 2.45) is 0 Å². The smallest absolute Gasteiger partial charge is 0.255 e. The SMILES string of the molecule is CN(Cc1ccc2c(c1)CN(C1CCC(=O)NC1=O)C2=O)C1CCNCC1. The Kier molecular flexibility index (Phi) is 4.97. The van der Waals surface area contributed by atoms with Crippen LogP contribution in [0.3, 0.4) is 0 Å². The summed E-state index contributed by atoms with van der Waals surface area (Å²) in [6.07, 6.45) is 2.99. The summed E-state index contributed by atoms with van der Waals surface area (Å²) in [5.74, 6) is -0.736. The lowest BCUT2D eigenvalue weighted by Crippen LogP contribution is -2.52. The lowest BCUT2D eigenvalue weighted by Gasteiger charge is -2.31. The maximum atomic E-state index is 12.7. The third-order valence-electron chi connectivity index (χ3n) is 5.95. The number of carbonyl (C=O) groups excluding carboxylic acids is 3. The summed E-state index contributed by atoms with van der Waals surface area (Å²) in [4.78, 5) is 40.2. The number of carbonyl (C=O) groups is 3. The Labute approximate surface area is 159 Å². The number of imide groups is 1. The first kappa shape index (κ1) is 18.1. The van der Waals surface area contributed by atoms with E-state index in [1.807, 2.05) is 12.1 Å². The van der Waals surface area contributed by atoms with Crippen molar-refractivity contribution in [1.29, 1.82) is 0 Å². The fraction of sp³-hybridized carbons (Fsp3) is 0.550. The van der Waals surface area contributed by atoms with Gasteiger partial charge in [0.2, 0.25) is 11.8 Å². The number of benzene rings is 1. The molecule has 2 N–H and O–H groups in total. The van der Waals surface area contributed by atoms with Gasteiger partial charge in [-0.15, -0.1) is 0 Å². The molecule has 0 aromatic heterocycles. The molecule has 3 amide bonds. The minimum absolute atomic E-state index is 0.113. The number of hydrogen-bond acceptors (Lipinski definition) is 5. The molecule has 2 fully saturated rings. The third-order valence-corrected chi connectivity index (χ3v) is 5.95. The summed E-state index contributed by atoms with van der Waals surface area (Å²) in [6.45, 7) is 3.42. The Morgan fingerprint density at radius 1 is 1.15 bits per heavy atom. The van der Waals surface area contributed by atoms with Gasteiger partial charge in [-0.3, -0.25) is 24.6 Å². The number of hydrogen-bond donors (Lipinski definition) is 2. The van der Waals surface area contributed by atoms with Crippen LogP contribution in [0.4, 0.5) is 0 Å². The predicted octanol–water partition coefficient (Wildman–Crippen LogP) is 0.631. The first-order chi connectivity index (χ1) is 13.0. The Balaban J connectivity index is 1.46. The molecule has 4 rings (SSSR count). The number of rotatable bonds is 4.